The molecule has 0 bridgehead atoms. The summed E-state index contributed by atoms with van der Waals surface area (Å²) < 4.78 is 11.7. The van der Waals surface area contributed by atoms with Crippen molar-refractivity contribution in [1.82, 2.24) is 0 Å². The van der Waals surface area contributed by atoms with Crippen molar-refractivity contribution in [3.05, 3.63) is 83.6 Å². The van der Waals surface area contributed by atoms with Gasteiger partial charge in [0.25, 0.3) is 0 Å². The van der Waals surface area contributed by atoms with Crippen LogP contribution in [-0.4, -0.2) is 23.4 Å². The fraction of sp³-hybridized carbons (Fsp3) is 0.227. The molecule has 0 aromatic heterocycles. The van der Waals surface area contributed by atoms with E-state index in [0.29, 0.717) is 18.1 Å². The Bertz CT molecular complexity index is 812. The van der Waals surface area contributed by atoms with Crippen molar-refractivity contribution in [2.24, 2.45) is 0 Å². The Balaban J connectivity index is 1.90. The van der Waals surface area contributed by atoms with Gasteiger partial charge in [-0.25, -0.2) is 0 Å². The molecule has 0 spiro atoms. The van der Waals surface area contributed by atoms with E-state index in [2.05, 4.69) is 6.58 Å². The van der Waals surface area contributed by atoms with Crippen LogP contribution in [0.25, 0.3) is 5.76 Å². The SMILES string of the molecule is C=C(O/C(C)=C(\C)COc1cccc(CSCC(=O)O)c1)c1ccccc1. The summed E-state index contributed by atoms with van der Waals surface area (Å²) in [5.41, 5.74) is 2.95. The number of thioether (sulfide) groups is 1. The number of carboxylic acid groups (broad SMARTS) is 1. The quantitative estimate of drug-likeness (QED) is 0.559. The molecule has 0 aliphatic heterocycles. The van der Waals surface area contributed by atoms with Gasteiger partial charge in [-0.1, -0.05) is 49.0 Å². The first kappa shape index (κ1) is 20.6. The lowest BCUT2D eigenvalue weighted by atomic mass is 10.2. The molecule has 0 fully saturated rings. The number of hydrogen-bond donors (Lipinski definition) is 1. The third-order valence-electron chi connectivity index (χ3n) is 3.82. The summed E-state index contributed by atoms with van der Waals surface area (Å²) in [6, 6.07) is 17.4. The second kappa shape index (κ2) is 10.5. The molecule has 142 valence electrons. The monoisotopic (exact) mass is 384 g/mol. The van der Waals surface area contributed by atoms with Crippen molar-refractivity contribution >= 4 is 23.5 Å². The highest BCUT2D eigenvalue weighted by molar-refractivity contribution is 7.99. The average Bonchev–Trinajstić information content (AvgIpc) is 2.66. The molecule has 2 aromatic rings. The third-order valence-corrected chi connectivity index (χ3v) is 4.81. The van der Waals surface area contributed by atoms with Crippen LogP contribution >= 0.6 is 11.8 Å². The molecule has 2 aromatic carbocycles. The van der Waals surface area contributed by atoms with Gasteiger partial charge in [0.2, 0.25) is 0 Å². The van der Waals surface area contributed by atoms with Gasteiger partial charge in [0.15, 0.2) is 0 Å². The number of rotatable bonds is 10. The van der Waals surface area contributed by atoms with Gasteiger partial charge in [-0.05, 0) is 31.5 Å². The molecule has 0 aliphatic carbocycles. The molecule has 0 unspecified atom stereocenters. The molecule has 0 amide bonds. The van der Waals surface area contributed by atoms with Gasteiger partial charge in [-0.3, -0.25) is 4.79 Å². The molecule has 0 radical (unpaired) electrons. The maximum absolute atomic E-state index is 10.6. The van der Waals surface area contributed by atoms with Crippen LogP contribution < -0.4 is 4.74 Å². The zero-order valence-corrected chi connectivity index (χ0v) is 16.4. The first-order valence-electron chi connectivity index (χ1n) is 8.55. The van der Waals surface area contributed by atoms with E-state index in [0.717, 1.165) is 28.2 Å². The van der Waals surface area contributed by atoms with Crippen LogP contribution in [0.1, 0.15) is 25.0 Å². The minimum atomic E-state index is -0.805. The number of benzene rings is 2. The number of carbonyl (C=O) groups is 1. The van der Waals surface area contributed by atoms with E-state index in [9.17, 15) is 4.79 Å². The van der Waals surface area contributed by atoms with Crippen LogP contribution in [0.15, 0.2) is 72.5 Å². The van der Waals surface area contributed by atoms with E-state index < -0.39 is 5.97 Å². The number of allylic oxidation sites excluding steroid dienone is 1. The molecule has 0 heterocycles. The van der Waals surface area contributed by atoms with Gasteiger partial charge in [0.1, 0.15) is 23.9 Å². The van der Waals surface area contributed by atoms with Crippen molar-refractivity contribution in [2.45, 2.75) is 19.6 Å². The third kappa shape index (κ3) is 7.23. The number of carboxylic acids is 1. The number of hydrogen-bond acceptors (Lipinski definition) is 4. The van der Waals surface area contributed by atoms with E-state index in [1.54, 1.807) is 0 Å². The van der Waals surface area contributed by atoms with E-state index >= 15 is 0 Å². The minimum Gasteiger partial charge on any atom is -0.489 e. The first-order valence-corrected chi connectivity index (χ1v) is 9.71. The Labute approximate surface area is 164 Å². The van der Waals surface area contributed by atoms with Gasteiger partial charge in [0, 0.05) is 16.9 Å². The molecule has 0 saturated carbocycles. The number of ether oxygens (including phenoxy) is 2. The fourth-order valence-electron chi connectivity index (χ4n) is 2.23. The summed E-state index contributed by atoms with van der Waals surface area (Å²) in [7, 11) is 0. The highest BCUT2D eigenvalue weighted by Crippen LogP contribution is 2.21. The second-order valence-electron chi connectivity index (χ2n) is 6.05. The van der Waals surface area contributed by atoms with Crippen LogP contribution in [0.4, 0.5) is 0 Å². The largest absolute Gasteiger partial charge is 0.489 e. The molecular weight excluding hydrogens is 360 g/mol. The summed E-state index contributed by atoms with van der Waals surface area (Å²) in [4.78, 5) is 10.6. The molecule has 0 saturated heterocycles. The van der Waals surface area contributed by atoms with E-state index in [4.69, 9.17) is 14.6 Å². The Morgan fingerprint density at radius 3 is 2.56 bits per heavy atom. The zero-order chi connectivity index (χ0) is 19.6. The van der Waals surface area contributed by atoms with E-state index in [1.165, 1.54) is 11.8 Å². The molecule has 1 N–H and O–H groups in total. The molecule has 27 heavy (non-hydrogen) atoms. The topological polar surface area (TPSA) is 55.8 Å². The molecule has 4 nitrogen and oxygen atoms in total. The standard InChI is InChI=1S/C22H24O4S/c1-16(17(2)26-18(3)20-9-5-4-6-10-20)13-25-21-11-7-8-19(12-21)14-27-15-22(23)24/h4-12H,3,13-15H2,1-2H3,(H,23,24)/b17-16+. The summed E-state index contributed by atoms with van der Waals surface area (Å²) in [5.74, 6) is 2.03. The van der Waals surface area contributed by atoms with Crippen LogP contribution in [0.2, 0.25) is 0 Å². The summed E-state index contributed by atoms with van der Waals surface area (Å²) in [6.45, 7) is 8.23. The molecule has 2 rings (SSSR count). The average molecular weight is 384 g/mol. The normalized spacial score (nSPS) is 11.5. The lowest BCUT2D eigenvalue weighted by molar-refractivity contribution is -0.133. The van der Waals surface area contributed by atoms with Crippen LogP contribution in [0.5, 0.6) is 5.75 Å². The lowest BCUT2D eigenvalue weighted by Gasteiger charge is -2.13. The van der Waals surface area contributed by atoms with Crippen molar-refractivity contribution in [3.8, 4) is 5.75 Å². The Morgan fingerprint density at radius 1 is 1.11 bits per heavy atom. The highest BCUT2D eigenvalue weighted by Gasteiger charge is 2.06. The van der Waals surface area contributed by atoms with Crippen molar-refractivity contribution in [1.29, 1.82) is 0 Å². The Hall–Kier alpha value is -2.66. The van der Waals surface area contributed by atoms with Crippen LogP contribution in [-0.2, 0) is 15.3 Å². The van der Waals surface area contributed by atoms with Gasteiger partial charge in [-0.2, -0.15) is 0 Å². The number of aliphatic carboxylic acids is 1. The van der Waals surface area contributed by atoms with Crippen LogP contribution in [0, 0.1) is 0 Å². The van der Waals surface area contributed by atoms with E-state index in [1.807, 2.05) is 68.4 Å². The molecule has 5 heteroatoms. The first-order chi connectivity index (χ1) is 13.0. The van der Waals surface area contributed by atoms with Crippen molar-refractivity contribution in [3.63, 3.8) is 0 Å². The Morgan fingerprint density at radius 2 is 1.85 bits per heavy atom. The minimum absolute atomic E-state index is 0.0920. The maximum Gasteiger partial charge on any atom is 0.313 e. The maximum atomic E-state index is 10.6. The summed E-state index contributed by atoms with van der Waals surface area (Å²) >= 11 is 1.36. The molecule has 0 atom stereocenters. The van der Waals surface area contributed by atoms with Crippen molar-refractivity contribution in [2.75, 3.05) is 12.4 Å². The highest BCUT2D eigenvalue weighted by atomic mass is 32.2. The summed E-state index contributed by atoms with van der Waals surface area (Å²) in [5, 5.41) is 8.71. The van der Waals surface area contributed by atoms with Gasteiger partial charge < -0.3 is 14.6 Å². The Kier molecular flexibility index (Phi) is 8.01. The molecular formula is C22H24O4S. The predicted molar refractivity (Wildman–Crippen MR) is 111 cm³/mol. The molecule has 0 aliphatic rings. The van der Waals surface area contributed by atoms with Gasteiger partial charge in [0.05, 0.1) is 5.75 Å². The van der Waals surface area contributed by atoms with E-state index in [-0.39, 0.29) is 5.75 Å². The van der Waals surface area contributed by atoms with Crippen molar-refractivity contribution < 1.29 is 19.4 Å². The predicted octanol–water partition coefficient (Wildman–Crippen LogP) is 5.36. The fourth-order valence-corrected chi connectivity index (χ4v) is 2.92. The van der Waals surface area contributed by atoms with Gasteiger partial charge >= 0.3 is 5.97 Å². The summed E-state index contributed by atoms with van der Waals surface area (Å²) in [6.07, 6.45) is 0. The lowest BCUT2D eigenvalue weighted by Crippen LogP contribution is -2.03. The zero-order valence-electron chi connectivity index (χ0n) is 15.6. The smallest absolute Gasteiger partial charge is 0.313 e. The van der Waals surface area contributed by atoms with Crippen LogP contribution in [0.3, 0.4) is 0 Å². The second-order valence-corrected chi connectivity index (χ2v) is 7.04. The van der Waals surface area contributed by atoms with Gasteiger partial charge in [-0.15, -0.1) is 11.8 Å².